The van der Waals surface area contributed by atoms with Crippen LogP contribution in [0.25, 0.3) is 0 Å². The fourth-order valence-electron chi connectivity index (χ4n) is 1.15. The molecule has 5 heteroatoms. The maximum absolute atomic E-state index is 11.6. The molecule has 1 unspecified atom stereocenters. The van der Waals surface area contributed by atoms with Crippen molar-refractivity contribution in [3.8, 4) is 0 Å². The van der Waals surface area contributed by atoms with E-state index in [0.29, 0.717) is 10.8 Å². The van der Waals surface area contributed by atoms with Crippen LogP contribution in [0.2, 0.25) is 0 Å². The molecule has 100 valence electrons. The number of ether oxygens (including phenoxy) is 2. The Bertz CT molecular complexity index is 258. The molecule has 0 saturated carbocycles. The maximum Gasteiger partial charge on any atom is 0.310 e. The highest BCUT2D eigenvalue weighted by Gasteiger charge is 2.22. The van der Waals surface area contributed by atoms with Crippen LogP contribution in [0.3, 0.4) is 0 Å². The van der Waals surface area contributed by atoms with Gasteiger partial charge in [-0.1, -0.05) is 29.5 Å². The smallest absolute Gasteiger partial charge is 0.310 e. The van der Waals surface area contributed by atoms with Crippen LogP contribution in [0.1, 0.15) is 47.0 Å². The van der Waals surface area contributed by atoms with Gasteiger partial charge in [0.15, 0.2) is 0 Å². The third kappa shape index (κ3) is 9.38. The van der Waals surface area contributed by atoms with E-state index in [9.17, 15) is 9.59 Å². The van der Waals surface area contributed by atoms with Crippen LogP contribution in [0.15, 0.2) is 0 Å². The predicted molar refractivity (Wildman–Crippen MR) is 74.1 cm³/mol. The number of carbonyl (C=O) groups is 2. The SMILES string of the molecule is CCCC(=O)OC(CI)CC(=O)OC(C)(C)C. The summed E-state index contributed by atoms with van der Waals surface area (Å²) in [5.41, 5.74) is -0.500. The molecule has 0 fully saturated rings. The lowest BCUT2D eigenvalue weighted by Crippen LogP contribution is -2.29. The molecule has 0 amide bonds. The second-order valence-electron chi connectivity index (χ2n) is 4.81. The van der Waals surface area contributed by atoms with Crippen molar-refractivity contribution in [2.24, 2.45) is 0 Å². The Morgan fingerprint density at radius 3 is 2.24 bits per heavy atom. The summed E-state index contributed by atoms with van der Waals surface area (Å²) in [5, 5.41) is 0. The summed E-state index contributed by atoms with van der Waals surface area (Å²) in [5.74, 6) is -0.582. The van der Waals surface area contributed by atoms with Gasteiger partial charge in [0, 0.05) is 10.8 Å². The lowest BCUT2D eigenvalue weighted by molar-refractivity contribution is -0.160. The number of hydrogen-bond donors (Lipinski definition) is 0. The molecule has 0 N–H and O–H groups in total. The Balaban J connectivity index is 4.13. The highest BCUT2D eigenvalue weighted by molar-refractivity contribution is 14.1. The molecule has 0 saturated heterocycles. The molecule has 0 bridgehead atoms. The van der Waals surface area contributed by atoms with Crippen LogP contribution < -0.4 is 0 Å². The fraction of sp³-hybridized carbons (Fsp3) is 0.833. The van der Waals surface area contributed by atoms with Gasteiger partial charge in [-0.15, -0.1) is 0 Å². The van der Waals surface area contributed by atoms with E-state index < -0.39 is 5.60 Å². The number of hydrogen-bond acceptors (Lipinski definition) is 4. The minimum Gasteiger partial charge on any atom is -0.461 e. The first kappa shape index (κ1) is 16.7. The van der Waals surface area contributed by atoms with Gasteiger partial charge in [0.2, 0.25) is 0 Å². The Labute approximate surface area is 117 Å². The third-order valence-corrected chi connectivity index (χ3v) is 2.72. The number of esters is 2. The highest BCUT2D eigenvalue weighted by atomic mass is 127. The average Bonchev–Trinajstić information content (AvgIpc) is 2.13. The Hall–Kier alpha value is -0.330. The van der Waals surface area contributed by atoms with Gasteiger partial charge >= 0.3 is 11.9 Å². The largest absolute Gasteiger partial charge is 0.461 e. The average molecular weight is 356 g/mol. The summed E-state index contributed by atoms with van der Waals surface area (Å²) >= 11 is 2.10. The van der Waals surface area contributed by atoms with Crippen molar-refractivity contribution < 1.29 is 19.1 Å². The van der Waals surface area contributed by atoms with Crippen LogP contribution in [0, 0.1) is 0 Å². The van der Waals surface area contributed by atoms with Crippen LogP contribution >= 0.6 is 22.6 Å². The number of alkyl halides is 1. The van der Waals surface area contributed by atoms with Crippen molar-refractivity contribution in [3.05, 3.63) is 0 Å². The Morgan fingerprint density at radius 1 is 1.24 bits per heavy atom. The zero-order valence-electron chi connectivity index (χ0n) is 10.9. The molecule has 0 aromatic heterocycles. The molecule has 0 spiro atoms. The lowest BCUT2D eigenvalue weighted by Gasteiger charge is -2.21. The van der Waals surface area contributed by atoms with Crippen molar-refractivity contribution in [2.45, 2.75) is 58.7 Å². The molecule has 0 radical (unpaired) electrons. The topological polar surface area (TPSA) is 52.6 Å². The molecular weight excluding hydrogens is 335 g/mol. The normalized spacial score (nSPS) is 13.0. The first-order chi connectivity index (χ1) is 7.78. The van der Waals surface area contributed by atoms with Crippen LogP contribution in [-0.4, -0.2) is 28.1 Å². The third-order valence-electron chi connectivity index (χ3n) is 1.74. The molecule has 0 aliphatic heterocycles. The lowest BCUT2D eigenvalue weighted by atomic mass is 10.2. The van der Waals surface area contributed by atoms with Crippen LogP contribution in [-0.2, 0) is 19.1 Å². The van der Waals surface area contributed by atoms with E-state index in [0.717, 1.165) is 6.42 Å². The van der Waals surface area contributed by atoms with E-state index in [1.807, 2.05) is 27.7 Å². The zero-order valence-corrected chi connectivity index (χ0v) is 13.1. The number of halogens is 1. The fourth-order valence-corrected chi connectivity index (χ4v) is 1.64. The molecule has 0 aromatic carbocycles. The second kappa shape index (κ2) is 7.89. The van der Waals surface area contributed by atoms with E-state index in [4.69, 9.17) is 9.47 Å². The number of carbonyl (C=O) groups excluding carboxylic acids is 2. The van der Waals surface area contributed by atoms with Gasteiger partial charge in [-0.3, -0.25) is 9.59 Å². The van der Waals surface area contributed by atoms with Crippen molar-refractivity contribution in [1.82, 2.24) is 0 Å². The molecule has 0 aromatic rings. The monoisotopic (exact) mass is 356 g/mol. The molecule has 1 atom stereocenters. The molecule has 4 nitrogen and oxygen atoms in total. The summed E-state index contributed by atoms with van der Waals surface area (Å²) in [6.07, 6.45) is 0.876. The van der Waals surface area contributed by atoms with E-state index in [1.54, 1.807) is 0 Å². The molecule has 0 heterocycles. The number of rotatable bonds is 6. The summed E-state index contributed by atoms with van der Waals surface area (Å²) in [6, 6.07) is 0. The van der Waals surface area contributed by atoms with Gasteiger partial charge in [0.25, 0.3) is 0 Å². The summed E-state index contributed by atoms with van der Waals surface area (Å²) in [7, 11) is 0. The van der Waals surface area contributed by atoms with E-state index in [1.165, 1.54) is 0 Å². The summed E-state index contributed by atoms with van der Waals surface area (Å²) in [4.78, 5) is 22.9. The van der Waals surface area contributed by atoms with Gasteiger partial charge in [0.1, 0.15) is 11.7 Å². The minimum absolute atomic E-state index is 0.121. The summed E-state index contributed by atoms with van der Waals surface area (Å²) in [6.45, 7) is 7.35. The van der Waals surface area contributed by atoms with Gasteiger partial charge in [-0.05, 0) is 27.2 Å². The van der Waals surface area contributed by atoms with Crippen molar-refractivity contribution in [3.63, 3.8) is 0 Å². The molecule has 17 heavy (non-hydrogen) atoms. The predicted octanol–water partition coefficient (Wildman–Crippen LogP) is 2.87. The zero-order chi connectivity index (χ0) is 13.5. The highest BCUT2D eigenvalue weighted by Crippen LogP contribution is 2.12. The van der Waals surface area contributed by atoms with Gasteiger partial charge in [0.05, 0.1) is 6.42 Å². The summed E-state index contributed by atoms with van der Waals surface area (Å²) < 4.78 is 10.9. The van der Waals surface area contributed by atoms with Crippen LogP contribution in [0.5, 0.6) is 0 Å². The van der Waals surface area contributed by atoms with Crippen molar-refractivity contribution >= 4 is 34.5 Å². The molecule has 0 rings (SSSR count). The first-order valence-corrected chi connectivity index (χ1v) is 7.28. The van der Waals surface area contributed by atoms with Crippen molar-refractivity contribution in [1.29, 1.82) is 0 Å². The molecular formula is C12H21IO4. The van der Waals surface area contributed by atoms with Crippen LogP contribution in [0.4, 0.5) is 0 Å². The van der Waals surface area contributed by atoms with Gasteiger partial charge in [-0.2, -0.15) is 0 Å². The standard InChI is InChI=1S/C12H21IO4/c1-5-6-10(14)16-9(8-13)7-11(15)17-12(2,3)4/h9H,5-8H2,1-4H3. The quantitative estimate of drug-likeness (QED) is 0.417. The van der Waals surface area contributed by atoms with Gasteiger partial charge < -0.3 is 9.47 Å². The van der Waals surface area contributed by atoms with Gasteiger partial charge in [-0.25, -0.2) is 0 Å². The van der Waals surface area contributed by atoms with E-state index in [-0.39, 0.29) is 24.5 Å². The first-order valence-electron chi connectivity index (χ1n) is 5.75. The van der Waals surface area contributed by atoms with Crippen molar-refractivity contribution in [2.75, 3.05) is 4.43 Å². The Morgan fingerprint density at radius 2 is 1.82 bits per heavy atom. The Kier molecular flexibility index (Phi) is 7.74. The minimum atomic E-state index is -0.500. The second-order valence-corrected chi connectivity index (χ2v) is 5.69. The van der Waals surface area contributed by atoms with E-state index >= 15 is 0 Å². The molecule has 0 aliphatic carbocycles. The van der Waals surface area contributed by atoms with E-state index in [2.05, 4.69) is 22.6 Å². The molecule has 0 aliphatic rings. The maximum atomic E-state index is 11.6.